The van der Waals surface area contributed by atoms with Gasteiger partial charge in [0.15, 0.2) is 0 Å². The van der Waals surface area contributed by atoms with Gasteiger partial charge in [-0.25, -0.2) is 4.18 Å². The molecule has 0 aromatic rings. The molecule has 0 rings (SSSR count). The van der Waals surface area contributed by atoms with Crippen LogP contribution in [0.5, 0.6) is 0 Å². The largest absolute Gasteiger partial charge is 0.397 e. The van der Waals surface area contributed by atoms with Crippen LogP contribution in [0.1, 0.15) is 71.1 Å². The van der Waals surface area contributed by atoms with Crippen LogP contribution in [-0.2, 0) is 14.6 Å². The molecule has 0 aromatic heterocycles. The molecule has 8 nitrogen and oxygen atoms in total. The van der Waals surface area contributed by atoms with Gasteiger partial charge in [-0.2, -0.15) is 8.42 Å². The Kier molecular flexibility index (Phi) is 23.6. The number of rotatable bonds is 18. The highest BCUT2D eigenvalue weighted by Gasteiger charge is 2.02. The summed E-state index contributed by atoms with van der Waals surface area (Å²) in [4.78, 5) is 1.79. The highest BCUT2D eigenvalue weighted by Crippen LogP contribution is 2.10. The second-order valence-corrected chi connectivity index (χ2v) is 7.54. The van der Waals surface area contributed by atoms with E-state index in [0.29, 0.717) is 26.1 Å². The summed E-state index contributed by atoms with van der Waals surface area (Å²) in [6.45, 7) is 4.06. The van der Waals surface area contributed by atoms with Gasteiger partial charge in [-0.3, -0.25) is 9.45 Å². The first-order valence-corrected chi connectivity index (χ1v) is 11.4. The van der Waals surface area contributed by atoms with Crippen molar-refractivity contribution >= 4 is 10.4 Å². The molecule has 0 heterocycles. The fraction of sp³-hybridized carbons (Fsp3) is 1.00. The zero-order valence-electron chi connectivity index (χ0n) is 16.9. The molecular formula is C18H41NO7S. The molecular weight excluding hydrogens is 374 g/mol. The number of hydrogen-bond acceptors (Lipinski definition) is 7. The summed E-state index contributed by atoms with van der Waals surface area (Å²) < 4.78 is 33.0. The molecule has 0 bridgehead atoms. The van der Waals surface area contributed by atoms with Crippen LogP contribution < -0.4 is 0 Å². The van der Waals surface area contributed by atoms with Crippen LogP contribution >= 0.6 is 0 Å². The van der Waals surface area contributed by atoms with Gasteiger partial charge in [-0.15, -0.1) is 0 Å². The van der Waals surface area contributed by atoms with Crippen LogP contribution in [0.15, 0.2) is 0 Å². The lowest BCUT2D eigenvalue weighted by Gasteiger charge is -2.17. The maximum atomic E-state index is 10.2. The number of aliphatic hydroxyl groups is 3. The second-order valence-electron chi connectivity index (χ2n) is 6.44. The Labute approximate surface area is 165 Å². The highest BCUT2D eigenvalue weighted by atomic mass is 32.3. The minimum absolute atomic E-state index is 0.0694. The first kappa shape index (κ1) is 28.9. The average molecular weight is 416 g/mol. The van der Waals surface area contributed by atoms with E-state index in [-0.39, 0.29) is 26.4 Å². The molecule has 0 atom stereocenters. The van der Waals surface area contributed by atoms with Crippen LogP contribution in [0.4, 0.5) is 0 Å². The lowest BCUT2D eigenvalue weighted by atomic mass is 10.1. The van der Waals surface area contributed by atoms with Gasteiger partial charge < -0.3 is 15.3 Å². The fourth-order valence-electron chi connectivity index (χ4n) is 2.51. The predicted octanol–water partition coefficient (Wildman–Crippen LogP) is 1.99. The van der Waals surface area contributed by atoms with Crippen molar-refractivity contribution in [3.8, 4) is 0 Å². The minimum atomic E-state index is -4.23. The third-order valence-electron chi connectivity index (χ3n) is 3.98. The number of nitrogens with zero attached hydrogens (tertiary/aromatic N) is 1. The maximum absolute atomic E-state index is 10.2. The summed E-state index contributed by atoms with van der Waals surface area (Å²) >= 11 is 0. The minimum Gasteiger partial charge on any atom is -0.395 e. The Balaban J connectivity index is 0. The predicted molar refractivity (Wildman–Crippen MR) is 107 cm³/mol. The smallest absolute Gasteiger partial charge is 0.395 e. The van der Waals surface area contributed by atoms with Gasteiger partial charge in [0.2, 0.25) is 0 Å². The van der Waals surface area contributed by atoms with Crippen LogP contribution in [0.3, 0.4) is 0 Å². The van der Waals surface area contributed by atoms with Crippen molar-refractivity contribution < 1.29 is 32.5 Å². The molecule has 0 aliphatic rings. The van der Waals surface area contributed by atoms with E-state index in [9.17, 15) is 8.42 Å². The fourth-order valence-corrected chi connectivity index (χ4v) is 2.84. The van der Waals surface area contributed by atoms with E-state index in [2.05, 4.69) is 11.1 Å². The van der Waals surface area contributed by atoms with Gasteiger partial charge in [-0.05, 0) is 6.42 Å². The standard InChI is InChI=1S/C12H26O4S.C6H15NO3/c1-2-3-4-5-6-7-8-9-10-11-12-16-17(13,14)15;8-4-1-7(2-5-9)3-6-10/h2-12H2,1H3,(H,13,14,15);8-10H,1-6H2. The molecule has 4 N–H and O–H groups in total. The average Bonchev–Trinajstić information content (AvgIpc) is 2.60. The number of unbranched alkanes of at least 4 members (excludes halogenated alkanes) is 9. The summed E-state index contributed by atoms with van der Waals surface area (Å²) in [6.07, 6.45) is 11.9. The van der Waals surface area contributed by atoms with E-state index in [1.165, 1.54) is 44.9 Å². The Hall–Kier alpha value is -0.290. The maximum Gasteiger partial charge on any atom is 0.397 e. The summed E-state index contributed by atoms with van der Waals surface area (Å²) in [7, 11) is -4.23. The monoisotopic (exact) mass is 415 g/mol. The lowest BCUT2D eigenvalue weighted by molar-refractivity contribution is 0.136. The van der Waals surface area contributed by atoms with E-state index >= 15 is 0 Å². The van der Waals surface area contributed by atoms with Crippen molar-refractivity contribution in [2.45, 2.75) is 71.1 Å². The molecule has 0 amide bonds. The van der Waals surface area contributed by atoms with Crippen LogP contribution in [0.25, 0.3) is 0 Å². The first-order chi connectivity index (χ1) is 12.9. The van der Waals surface area contributed by atoms with Crippen LogP contribution in [0.2, 0.25) is 0 Å². The molecule has 9 heteroatoms. The normalized spacial score (nSPS) is 11.5. The van der Waals surface area contributed by atoms with Gasteiger partial charge in [0.05, 0.1) is 26.4 Å². The lowest BCUT2D eigenvalue weighted by Crippen LogP contribution is -2.32. The molecule has 0 radical (unpaired) electrons. The summed E-state index contributed by atoms with van der Waals surface area (Å²) in [5.41, 5.74) is 0. The van der Waals surface area contributed by atoms with Gasteiger partial charge in [0.25, 0.3) is 0 Å². The zero-order chi connectivity index (χ0) is 20.8. The van der Waals surface area contributed by atoms with Gasteiger partial charge in [-0.1, -0.05) is 64.7 Å². The number of aliphatic hydroxyl groups excluding tert-OH is 3. The van der Waals surface area contributed by atoms with E-state index in [4.69, 9.17) is 19.9 Å². The Morgan fingerprint density at radius 3 is 1.41 bits per heavy atom. The first-order valence-electron chi connectivity index (χ1n) is 10.1. The molecule has 0 unspecified atom stereocenters. The van der Waals surface area contributed by atoms with Gasteiger partial charge >= 0.3 is 10.4 Å². The third-order valence-corrected chi connectivity index (χ3v) is 4.44. The molecule has 0 aromatic carbocycles. The van der Waals surface area contributed by atoms with Crippen molar-refractivity contribution in [1.82, 2.24) is 4.90 Å². The summed E-state index contributed by atoms with van der Waals surface area (Å²) in [5.74, 6) is 0. The molecule has 0 fully saturated rings. The van der Waals surface area contributed by atoms with E-state index in [0.717, 1.165) is 12.8 Å². The van der Waals surface area contributed by atoms with Crippen molar-refractivity contribution in [3.05, 3.63) is 0 Å². The van der Waals surface area contributed by atoms with Gasteiger partial charge in [0, 0.05) is 19.6 Å². The SMILES string of the molecule is CCCCCCCCCCCCOS(=O)(=O)O.OCCN(CCO)CCO. The molecule has 0 spiro atoms. The Morgan fingerprint density at radius 2 is 1.07 bits per heavy atom. The van der Waals surface area contributed by atoms with E-state index in [1.807, 2.05) is 0 Å². The van der Waals surface area contributed by atoms with Crippen molar-refractivity contribution in [2.24, 2.45) is 0 Å². The molecule has 0 aliphatic heterocycles. The molecule has 166 valence electrons. The topological polar surface area (TPSA) is 128 Å². The molecule has 0 aliphatic carbocycles. The van der Waals surface area contributed by atoms with Crippen LogP contribution in [0, 0.1) is 0 Å². The summed E-state index contributed by atoms with van der Waals surface area (Å²) in [6, 6.07) is 0. The van der Waals surface area contributed by atoms with E-state index < -0.39 is 10.4 Å². The Morgan fingerprint density at radius 1 is 0.704 bits per heavy atom. The quantitative estimate of drug-likeness (QED) is 0.198. The van der Waals surface area contributed by atoms with E-state index in [1.54, 1.807) is 4.90 Å². The Bertz CT molecular complexity index is 366. The van der Waals surface area contributed by atoms with Crippen molar-refractivity contribution in [3.63, 3.8) is 0 Å². The van der Waals surface area contributed by atoms with Crippen molar-refractivity contribution in [1.29, 1.82) is 0 Å². The summed E-state index contributed by atoms with van der Waals surface area (Å²) in [5, 5.41) is 25.5. The molecule has 0 saturated heterocycles. The van der Waals surface area contributed by atoms with Crippen molar-refractivity contribution in [2.75, 3.05) is 46.1 Å². The van der Waals surface area contributed by atoms with Gasteiger partial charge in [0.1, 0.15) is 0 Å². The molecule has 0 saturated carbocycles. The van der Waals surface area contributed by atoms with Crippen LogP contribution in [-0.4, -0.2) is 79.3 Å². The third kappa shape index (κ3) is 28.0. The highest BCUT2D eigenvalue weighted by molar-refractivity contribution is 7.80. The number of hydrogen-bond donors (Lipinski definition) is 4. The second kappa shape index (κ2) is 22.0. The molecule has 27 heavy (non-hydrogen) atoms. The zero-order valence-corrected chi connectivity index (χ0v) is 17.7.